The largest absolute Gasteiger partial charge is 0.383 e. The second kappa shape index (κ2) is 12.3. The first-order valence-corrected chi connectivity index (χ1v) is 6.73. The minimum absolute atomic E-state index is 0.579. The van der Waals surface area contributed by atoms with E-state index in [-0.39, 0.29) is 0 Å². The summed E-state index contributed by atoms with van der Waals surface area (Å²) in [7, 11) is 1.75. The Morgan fingerprint density at radius 1 is 1.12 bits per heavy atom. The summed E-state index contributed by atoms with van der Waals surface area (Å²) in [5.41, 5.74) is 0. The van der Waals surface area contributed by atoms with Crippen LogP contribution >= 0.6 is 0 Å². The number of rotatable bonds is 12. The Labute approximate surface area is 107 Å². The van der Waals surface area contributed by atoms with Crippen molar-refractivity contribution in [3.63, 3.8) is 0 Å². The summed E-state index contributed by atoms with van der Waals surface area (Å²) in [5, 5.41) is 3.44. The number of hydrogen-bond donors (Lipinski definition) is 1. The van der Waals surface area contributed by atoms with Crippen molar-refractivity contribution in [3.05, 3.63) is 0 Å². The number of nitrogens with one attached hydrogen (secondary N) is 1. The summed E-state index contributed by atoms with van der Waals surface area (Å²) in [6.45, 7) is 13.1. The monoisotopic (exact) mass is 246 g/mol. The highest BCUT2D eigenvalue weighted by Crippen LogP contribution is 1.96. The van der Waals surface area contributed by atoms with Crippen LogP contribution in [-0.4, -0.2) is 64.1 Å². The first-order valence-electron chi connectivity index (χ1n) is 6.73. The SMILES string of the molecule is CCOCCCNCCN(CCOC)C(C)C. The normalized spacial score (nSPS) is 11.6. The second-order valence-electron chi connectivity index (χ2n) is 4.42. The molecule has 0 aliphatic carbocycles. The fourth-order valence-electron chi connectivity index (χ4n) is 1.63. The van der Waals surface area contributed by atoms with Gasteiger partial charge in [0.05, 0.1) is 6.61 Å². The second-order valence-corrected chi connectivity index (χ2v) is 4.42. The van der Waals surface area contributed by atoms with Crippen LogP contribution in [0.15, 0.2) is 0 Å². The van der Waals surface area contributed by atoms with Gasteiger partial charge in [0, 0.05) is 46.0 Å². The van der Waals surface area contributed by atoms with Crippen LogP contribution in [0.3, 0.4) is 0 Å². The van der Waals surface area contributed by atoms with Gasteiger partial charge in [0.2, 0.25) is 0 Å². The number of hydrogen-bond acceptors (Lipinski definition) is 4. The maximum atomic E-state index is 5.29. The summed E-state index contributed by atoms with van der Waals surface area (Å²) >= 11 is 0. The van der Waals surface area contributed by atoms with Crippen LogP contribution in [0.2, 0.25) is 0 Å². The highest BCUT2D eigenvalue weighted by atomic mass is 16.5. The van der Waals surface area contributed by atoms with Crippen LogP contribution in [0, 0.1) is 0 Å². The molecule has 0 heterocycles. The van der Waals surface area contributed by atoms with Crippen LogP contribution in [-0.2, 0) is 9.47 Å². The summed E-state index contributed by atoms with van der Waals surface area (Å²) in [6, 6.07) is 0.579. The highest BCUT2D eigenvalue weighted by Gasteiger charge is 2.07. The van der Waals surface area contributed by atoms with E-state index in [1.54, 1.807) is 7.11 Å². The lowest BCUT2D eigenvalue weighted by Gasteiger charge is -2.26. The van der Waals surface area contributed by atoms with Crippen LogP contribution in [0.25, 0.3) is 0 Å². The van der Waals surface area contributed by atoms with Crippen LogP contribution in [0.4, 0.5) is 0 Å². The van der Waals surface area contributed by atoms with Crippen LogP contribution in [0.1, 0.15) is 27.2 Å². The molecule has 1 N–H and O–H groups in total. The van der Waals surface area contributed by atoms with E-state index in [9.17, 15) is 0 Å². The Morgan fingerprint density at radius 3 is 2.47 bits per heavy atom. The molecule has 0 radical (unpaired) electrons. The molecule has 17 heavy (non-hydrogen) atoms. The molecule has 0 aliphatic heterocycles. The van der Waals surface area contributed by atoms with E-state index in [2.05, 4.69) is 24.1 Å². The maximum absolute atomic E-state index is 5.29. The highest BCUT2D eigenvalue weighted by molar-refractivity contribution is 4.64. The van der Waals surface area contributed by atoms with Crippen molar-refractivity contribution in [2.75, 3.05) is 53.1 Å². The van der Waals surface area contributed by atoms with Crippen molar-refractivity contribution in [2.45, 2.75) is 33.2 Å². The molecular formula is C13H30N2O2. The lowest BCUT2D eigenvalue weighted by molar-refractivity contribution is 0.128. The molecule has 0 aromatic carbocycles. The van der Waals surface area contributed by atoms with E-state index in [0.29, 0.717) is 6.04 Å². The summed E-state index contributed by atoms with van der Waals surface area (Å²) in [5.74, 6) is 0. The standard InChI is InChI=1S/C13H30N2O2/c1-5-17-11-6-7-14-8-9-15(13(2)3)10-12-16-4/h13-14H,5-12H2,1-4H3. The van der Waals surface area contributed by atoms with Crippen molar-refractivity contribution >= 4 is 0 Å². The van der Waals surface area contributed by atoms with E-state index in [4.69, 9.17) is 9.47 Å². The number of ether oxygens (including phenoxy) is 2. The molecule has 0 unspecified atom stereocenters. The lowest BCUT2D eigenvalue weighted by Crippen LogP contribution is -2.39. The van der Waals surface area contributed by atoms with Crippen molar-refractivity contribution in [3.8, 4) is 0 Å². The number of nitrogens with zero attached hydrogens (tertiary/aromatic N) is 1. The molecule has 4 nitrogen and oxygen atoms in total. The molecule has 0 fully saturated rings. The Balaban J connectivity index is 3.41. The molecule has 0 aromatic heterocycles. The van der Waals surface area contributed by atoms with E-state index in [1.165, 1.54) is 0 Å². The molecule has 0 saturated carbocycles. The summed E-state index contributed by atoms with van der Waals surface area (Å²) in [4.78, 5) is 2.43. The van der Waals surface area contributed by atoms with Gasteiger partial charge in [-0.2, -0.15) is 0 Å². The van der Waals surface area contributed by atoms with Gasteiger partial charge in [-0.15, -0.1) is 0 Å². The van der Waals surface area contributed by atoms with Gasteiger partial charge in [-0.3, -0.25) is 4.90 Å². The van der Waals surface area contributed by atoms with E-state index in [1.807, 2.05) is 6.92 Å². The molecular weight excluding hydrogens is 216 g/mol. The molecule has 0 saturated heterocycles. The molecule has 0 aliphatic rings. The third-order valence-electron chi connectivity index (χ3n) is 2.74. The molecule has 0 spiro atoms. The van der Waals surface area contributed by atoms with Crippen molar-refractivity contribution in [1.82, 2.24) is 10.2 Å². The zero-order chi connectivity index (χ0) is 12.9. The van der Waals surface area contributed by atoms with E-state index >= 15 is 0 Å². The van der Waals surface area contributed by atoms with Crippen LogP contribution < -0.4 is 5.32 Å². The minimum atomic E-state index is 0.579. The average Bonchev–Trinajstić information content (AvgIpc) is 2.31. The molecule has 0 aromatic rings. The Bertz CT molecular complexity index is 154. The molecule has 0 bridgehead atoms. The van der Waals surface area contributed by atoms with Crippen molar-refractivity contribution in [1.29, 1.82) is 0 Å². The zero-order valence-electron chi connectivity index (χ0n) is 12.0. The quantitative estimate of drug-likeness (QED) is 0.527. The molecule has 0 rings (SSSR count). The van der Waals surface area contributed by atoms with Gasteiger partial charge in [0.15, 0.2) is 0 Å². The Hall–Kier alpha value is -0.160. The predicted molar refractivity (Wildman–Crippen MR) is 72.6 cm³/mol. The van der Waals surface area contributed by atoms with Gasteiger partial charge < -0.3 is 14.8 Å². The van der Waals surface area contributed by atoms with Gasteiger partial charge >= 0.3 is 0 Å². The fourth-order valence-corrected chi connectivity index (χ4v) is 1.63. The predicted octanol–water partition coefficient (Wildman–Crippen LogP) is 1.36. The topological polar surface area (TPSA) is 33.7 Å². The lowest BCUT2D eigenvalue weighted by atomic mass is 10.3. The summed E-state index contributed by atoms with van der Waals surface area (Å²) < 4.78 is 10.4. The van der Waals surface area contributed by atoms with Gasteiger partial charge in [-0.25, -0.2) is 0 Å². The smallest absolute Gasteiger partial charge is 0.0589 e. The molecule has 0 amide bonds. The van der Waals surface area contributed by atoms with Gasteiger partial charge in [-0.1, -0.05) is 0 Å². The van der Waals surface area contributed by atoms with E-state index < -0.39 is 0 Å². The third kappa shape index (κ3) is 10.7. The zero-order valence-corrected chi connectivity index (χ0v) is 12.0. The Morgan fingerprint density at radius 2 is 1.88 bits per heavy atom. The van der Waals surface area contributed by atoms with Crippen molar-refractivity contribution < 1.29 is 9.47 Å². The fraction of sp³-hybridized carbons (Fsp3) is 1.00. The van der Waals surface area contributed by atoms with Crippen LogP contribution in [0.5, 0.6) is 0 Å². The third-order valence-corrected chi connectivity index (χ3v) is 2.74. The first kappa shape index (κ1) is 16.8. The summed E-state index contributed by atoms with van der Waals surface area (Å²) in [6.07, 6.45) is 1.09. The molecule has 104 valence electrons. The first-order chi connectivity index (χ1) is 8.22. The van der Waals surface area contributed by atoms with Gasteiger partial charge in [0.1, 0.15) is 0 Å². The van der Waals surface area contributed by atoms with Gasteiger partial charge in [0.25, 0.3) is 0 Å². The van der Waals surface area contributed by atoms with E-state index in [0.717, 1.165) is 52.4 Å². The maximum Gasteiger partial charge on any atom is 0.0589 e. The number of methoxy groups -OCH3 is 1. The minimum Gasteiger partial charge on any atom is -0.383 e. The Kier molecular flexibility index (Phi) is 12.2. The molecule has 0 atom stereocenters. The molecule has 4 heteroatoms. The average molecular weight is 246 g/mol. The van der Waals surface area contributed by atoms with Crippen molar-refractivity contribution in [2.24, 2.45) is 0 Å². The van der Waals surface area contributed by atoms with Gasteiger partial charge in [-0.05, 0) is 33.7 Å².